The Hall–Kier alpha value is -1.63. The number of urea groups is 1. The van der Waals surface area contributed by atoms with Gasteiger partial charge in [-0.1, -0.05) is 13.8 Å². The van der Waals surface area contributed by atoms with Crippen molar-refractivity contribution in [3.8, 4) is 0 Å². The van der Waals surface area contributed by atoms with E-state index in [9.17, 15) is 14.4 Å². The molecule has 0 atom stereocenters. The molecule has 0 aliphatic heterocycles. The number of nitrogens with zero attached hydrogens (tertiary/aromatic N) is 1. The molecule has 7 nitrogen and oxygen atoms in total. The molecule has 18 heavy (non-hydrogen) atoms. The predicted molar refractivity (Wildman–Crippen MR) is 64.1 cm³/mol. The highest BCUT2D eigenvalue weighted by Crippen LogP contribution is 1.98. The number of carbonyl (C=O) groups is 3. The van der Waals surface area contributed by atoms with Crippen LogP contribution in [0.25, 0.3) is 0 Å². The molecule has 0 aromatic rings. The standard InChI is InChI=1S/C11H20N2O5/c1-4-13(5-8(2)3)11(17)12-9(14)6-18-7-10(15)16/h8H,4-7H2,1-3H3,(H,15,16)(H,12,14,17). The number of hydrogen-bond donors (Lipinski definition) is 2. The van der Waals surface area contributed by atoms with E-state index in [0.717, 1.165) is 0 Å². The highest BCUT2D eigenvalue weighted by Gasteiger charge is 2.15. The normalized spacial score (nSPS) is 10.2. The largest absolute Gasteiger partial charge is 0.480 e. The molecule has 0 rings (SSSR count). The quantitative estimate of drug-likeness (QED) is 0.686. The molecule has 7 heteroatoms. The van der Waals surface area contributed by atoms with Crippen LogP contribution in [0.2, 0.25) is 0 Å². The molecule has 0 radical (unpaired) electrons. The van der Waals surface area contributed by atoms with E-state index >= 15 is 0 Å². The Bertz CT molecular complexity index is 304. The molecule has 0 heterocycles. The van der Waals surface area contributed by atoms with E-state index in [1.54, 1.807) is 0 Å². The van der Waals surface area contributed by atoms with E-state index in [1.165, 1.54) is 4.90 Å². The number of carboxylic acids is 1. The second-order valence-corrected chi connectivity index (χ2v) is 4.17. The summed E-state index contributed by atoms with van der Waals surface area (Å²) in [5, 5.41) is 10.4. The lowest BCUT2D eigenvalue weighted by molar-refractivity contribution is -0.143. The third-order valence-corrected chi connectivity index (χ3v) is 1.96. The van der Waals surface area contributed by atoms with Crippen LogP contribution in [-0.4, -0.2) is 54.2 Å². The monoisotopic (exact) mass is 260 g/mol. The van der Waals surface area contributed by atoms with Gasteiger partial charge in [0.05, 0.1) is 0 Å². The van der Waals surface area contributed by atoms with Crippen LogP contribution in [0.15, 0.2) is 0 Å². The molecule has 0 spiro atoms. The fraction of sp³-hybridized carbons (Fsp3) is 0.727. The van der Waals surface area contributed by atoms with Gasteiger partial charge in [0.25, 0.3) is 5.91 Å². The van der Waals surface area contributed by atoms with Crippen molar-refractivity contribution in [3.63, 3.8) is 0 Å². The van der Waals surface area contributed by atoms with Gasteiger partial charge < -0.3 is 14.7 Å². The van der Waals surface area contributed by atoms with Gasteiger partial charge in [0.1, 0.15) is 13.2 Å². The van der Waals surface area contributed by atoms with Gasteiger partial charge in [-0.15, -0.1) is 0 Å². The molecule has 104 valence electrons. The zero-order chi connectivity index (χ0) is 14.1. The molecule has 0 saturated carbocycles. The summed E-state index contributed by atoms with van der Waals surface area (Å²) in [4.78, 5) is 34.6. The number of aliphatic carboxylic acids is 1. The molecule has 0 aromatic carbocycles. The fourth-order valence-electron chi connectivity index (χ4n) is 1.26. The Morgan fingerprint density at radius 2 is 1.89 bits per heavy atom. The molecule has 0 aromatic heterocycles. The number of hydrogen-bond acceptors (Lipinski definition) is 4. The Balaban J connectivity index is 4.04. The van der Waals surface area contributed by atoms with Crippen LogP contribution >= 0.6 is 0 Å². The van der Waals surface area contributed by atoms with Gasteiger partial charge >= 0.3 is 12.0 Å². The second-order valence-electron chi connectivity index (χ2n) is 4.17. The molecule has 0 aliphatic rings. The smallest absolute Gasteiger partial charge is 0.329 e. The van der Waals surface area contributed by atoms with Gasteiger partial charge in [0.15, 0.2) is 0 Å². The van der Waals surface area contributed by atoms with Crippen molar-refractivity contribution in [1.29, 1.82) is 0 Å². The number of rotatable bonds is 7. The predicted octanol–water partition coefficient (Wildman–Crippen LogP) is 0.302. The third kappa shape index (κ3) is 7.61. The van der Waals surface area contributed by atoms with Gasteiger partial charge in [-0.3, -0.25) is 10.1 Å². The Morgan fingerprint density at radius 3 is 2.33 bits per heavy atom. The summed E-state index contributed by atoms with van der Waals surface area (Å²) >= 11 is 0. The minimum absolute atomic E-state index is 0.300. The van der Waals surface area contributed by atoms with E-state index in [-0.39, 0.29) is 0 Å². The molecule has 3 amide bonds. The molecule has 2 N–H and O–H groups in total. The number of carbonyl (C=O) groups excluding carboxylic acids is 2. The number of carboxylic acid groups (broad SMARTS) is 1. The van der Waals surface area contributed by atoms with Crippen molar-refractivity contribution in [3.05, 3.63) is 0 Å². The lowest BCUT2D eigenvalue weighted by Gasteiger charge is -2.22. The van der Waals surface area contributed by atoms with E-state index < -0.39 is 31.1 Å². The van der Waals surface area contributed by atoms with Crippen LogP contribution in [-0.2, 0) is 14.3 Å². The van der Waals surface area contributed by atoms with Crippen molar-refractivity contribution in [1.82, 2.24) is 10.2 Å². The molecular formula is C11H20N2O5. The van der Waals surface area contributed by atoms with Crippen molar-refractivity contribution in [2.75, 3.05) is 26.3 Å². The Morgan fingerprint density at radius 1 is 1.28 bits per heavy atom. The number of amides is 3. The van der Waals surface area contributed by atoms with Crippen molar-refractivity contribution in [2.45, 2.75) is 20.8 Å². The lowest BCUT2D eigenvalue weighted by atomic mass is 10.2. The van der Waals surface area contributed by atoms with Crippen LogP contribution in [0.1, 0.15) is 20.8 Å². The summed E-state index contributed by atoms with van der Waals surface area (Å²) in [7, 11) is 0. The van der Waals surface area contributed by atoms with E-state index in [1.807, 2.05) is 20.8 Å². The maximum Gasteiger partial charge on any atom is 0.329 e. The molecular weight excluding hydrogens is 240 g/mol. The summed E-state index contributed by atoms with van der Waals surface area (Å²) < 4.78 is 4.57. The maximum atomic E-state index is 11.6. The van der Waals surface area contributed by atoms with Crippen LogP contribution in [0, 0.1) is 5.92 Å². The van der Waals surface area contributed by atoms with Gasteiger partial charge in [-0.05, 0) is 12.8 Å². The van der Waals surface area contributed by atoms with Gasteiger partial charge in [0, 0.05) is 13.1 Å². The molecule has 0 aliphatic carbocycles. The summed E-state index contributed by atoms with van der Waals surface area (Å²) in [5.74, 6) is -1.51. The highest BCUT2D eigenvalue weighted by molar-refractivity contribution is 5.95. The maximum absolute atomic E-state index is 11.6. The van der Waals surface area contributed by atoms with Crippen LogP contribution in [0.3, 0.4) is 0 Å². The van der Waals surface area contributed by atoms with Crippen molar-refractivity contribution >= 4 is 17.9 Å². The van der Waals surface area contributed by atoms with E-state index in [0.29, 0.717) is 19.0 Å². The third-order valence-electron chi connectivity index (χ3n) is 1.96. The van der Waals surface area contributed by atoms with Gasteiger partial charge in [-0.25, -0.2) is 9.59 Å². The zero-order valence-electron chi connectivity index (χ0n) is 10.9. The first-order chi connectivity index (χ1) is 8.36. The summed E-state index contributed by atoms with van der Waals surface area (Å²) in [6.45, 7) is 5.77. The number of nitrogens with one attached hydrogen (secondary N) is 1. The summed E-state index contributed by atoms with van der Waals surface area (Å²) in [6.07, 6.45) is 0. The minimum atomic E-state index is -1.16. The molecule has 0 fully saturated rings. The average molecular weight is 260 g/mol. The average Bonchev–Trinajstić information content (AvgIpc) is 2.24. The summed E-state index contributed by atoms with van der Waals surface area (Å²) in [6, 6.07) is -0.491. The lowest BCUT2D eigenvalue weighted by Crippen LogP contribution is -2.45. The second kappa shape index (κ2) is 8.46. The summed E-state index contributed by atoms with van der Waals surface area (Å²) in [5.41, 5.74) is 0. The Kier molecular flexibility index (Phi) is 7.69. The van der Waals surface area contributed by atoms with Crippen LogP contribution < -0.4 is 5.32 Å². The first-order valence-electron chi connectivity index (χ1n) is 5.75. The van der Waals surface area contributed by atoms with Crippen LogP contribution in [0.5, 0.6) is 0 Å². The molecule has 0 unspecified atom stereocenters. The van der Waals surface area contributed by atoms with Gasteiger partial charge in [0.2, 0.25) is 0 Å². The van der Waals surface area contributed by atoms with Crippen molar-refractivity contribution in [2.24, 2.45) is 5.92 Å². The SMILES string of the molecule is CCN(CC(C)C)C(=O)NC(=O)COCC(=O)O. The van der Waals surface area contributed by atoms with Crippen LogP contribution in [0.4, 0.5) is 4.79 Å². The Labute approximate surface area is 106 Å². The van der Waals surface area contributed by atoms with E-state index in [4.69, 9.17) is 5.11 Å². The molecule has 0 bridgehead atoms. The molecule has 0 saturated heterocycles. The van der Waals surface area contributed by atoms with E-state index in [2.05, 4.69) is 10.1 Å². The number of ether oxygens (including phenoxy) is 1. The minimum Gasteiger partial charge on any atom is -0.480 e. The fourth-order valence-corrected chi connectivity index (χ4v) is 1.26. The highest BCUT2D eigenvalue weighted by atomic mass is 16.5. The van der Waals surface area contributed by atoms with Crippen molar-refractivity contribution < 1.29 is 24.2 Å². The zero-order valence-corrected chi connectivity index (χ0v) is 10.9. The number of imide groups is 1. The topological polar surface area (TPSA) is 95.9 Å². The first kappa shape index (κ1) is 16.4. The first-order valence-corrected chi connectivity index (χ1v) is 5.75. The van der Waals surface area contributed by atoms with Gasteiger partial charge in [-0.2, -0.15) is 0 Å².